The molecule has 0 aliphatic heterocycles. The van der Waals surface area contributed by atoms with Gasteiger partial charge >= 0.3 is 0 Å². The maximum absolute atomic E-state index is 6.18. The molecule has 112 valence electrons. The molecule has 0 heterocycles. The monoisotopic (exact) mass is 389 g/mol. The number of benzene rings is 2. The highest BCUT2D eigenvalue weighted by molar-refractivity contribution is 9.10. The van der Waals surface area contributed by atoms with E-state index in [1.165, 1.54) is 0 Å². The van der Waals surface area contributed by atoms with Gasteiger partial charge in [-0.3, -0.25) is 0 Å². The van der Waals surface area contributed by atoms with Gasteiger partial charge in [0.25, 0.3) is 0 Å². The molecule has 6 heteroatoms. The van der Waals surface area contributed by atoms with Gasteiger partial charge in [-0.05, 0) is 29.8 Å². The Labute approximate surface area is 142 Å². The summed E-state index contributed by atoms with van der Waals surface area (Å²) in [6.45, 7) is 0.553. The summed E-state index contributed by atoms with van der Waals surface area (Å²) in [6.07, 6.45) is 0. The van der Waals surface area contributed by atoms with Crippen LogP contribution >= 0.6 is 39.1 Å². The van der Waals surface area contributed by atoms with Gasteiger partial charge in [-0.1, -0.05) is 39.1 Å². The number of halogens is 3. The first-order valence-corrected chi connectivity index (χ1v) is 7.69. The van der Waals surface area contributed by atoms with Gasteiger partial charge in [0, 0.05) is 22.1 Å². The van der Waals surface area contributed by atoms with Gasteiger partial charge in [0.1, 0.15) is 11.5 Å². The molecule has 0 fully saturated rings. The summed E-state index contributed by atoms with van der Waals surface area (Å²) in [5.74, 6) is 1.22. The van der Waals surface area contributed by atoms with E-state index in [9.17, 15) is 0 Å². The molecule has 0 spiro atoms. The lowest BCUT2D eigenvalue weighted by Gasteiger charge is -2.14. The van der Waals surface area contributed by atoms with Crippen LogP contribution in [0.2, 0.25) is 10.0 Å². The van der Waals surface area contributed by atoms with Gasteiger partial charge in [-0.25, -0.2) is 0 Å². The van der Waals surface area contributed by atoms with Gasteiger partial charge in [0.2, 0.25) is 0 Å². The minimum Gasteiger partial charge on any atom is -0.495 e. The van der Waals surface area contributed by atoms with Crippen LogP contribution in [0.4, 0.5) is 5.69 Å². The topological polar surface area (TPSA) is 30.5 Å². The predicted molar refractivity (Wildman–Crippen MR) is 91.0 cm³/mol. The van der Waals surface area contributed by atoms with Crippen molar-refractivity contribution in [1.29, 1.82) is 0 Å². The molecule has 3 nitrogen and oxygen atoms in total. The van der Waals surface area contributed by atoms with Crippen LogP contribution < -0.4 is 14.8 Å². The largest absolute Gasteiger partial charge is 0.495 e. The predicted octanol–water partition coefficient (Wildman–Crippen LogP) is 5.39. The molecular weight excluding hydrogens is 377 g/mol. The molecule has 1 N–H and O–H groups in total. The third kappa shape index (κ3) is 3.96. The second kappa shape index (κ2) is 7.25. The fraction of sp³-hybridized carbons (Fsp3) is 0.200. The van der Waals surface area contributed by atoms with Crippen molar-refractivity contribution < 1.29 is 9.47 Å². The van der Waals surface area contributed by atoms with E-state index in [4.69, 9.17) is 32.7 Å². The molecular formula is C15H14BrCl2NO2. The lowest BCUT2D eigenvalue weighted by atomic mass is 10.2. The summed E-state index contributed by atoms with van der Waals surface area (Å²) < 4.78 is 11.5. The Morgan fingerprint density at radius 3 is 2.38 bits per heavy atom. The molecule has 0 atom stereocenters. The maximum Gasteiger partial charge on any atom is 0.145 e. The highest BCUT2D eigenvalue weighted by atomic mass is 79.9. The first-order valence-electron chi connectivity index (χ1n) is 6.14. The third-order valence-electron chi connectivity index (χ3n) is 2.95. The van der Waals surface area contributed by atoms with Crippen molar-refractivity contribution in [1.82, 2.24) is 0 Å². The molecule has 0 aliphatic rings. The first-order chi connectivity index (χ1) is 10.0. The second-order valence-corrected chi connectivity index (χ2v) is 6.01. The van der Waals surface area contributed by atoms with E-state index >= 15 is 0 Å². The van der Waals surface area contributed by atoms with Crippen LogP contribution in [-0.4, -0.2) is 14.2 Å². The normalized spacial score (nSPS) is 10.3. The fourth-order valence-corrected chi connectivity index (χ4v) is 2.70. The molecule has 0 aromatic heterocycles. The maximum atomic E-state index is 6.18. The molecule has 0 bridgehead atoms. The van der Waals surface area contributed by atoms with Crippen LogP contribution in [0.25, 0.3) is 0 Å². The minimum absolute atomic E-state index is 0.515. The number of nitrogens with one attached hydrogen (secondary N) is 1. The Bertz CT molecular complexity index is 650. The lowest BCUT2D eigenvalue weighted by Crippen LogP contribution is -2.02. The minimum atomic E-state index is 0.515. The van der Waals surface area contributed by atoms with Crippen molar-refractivity contribution >= 4 is 44.8 Å². The van der Waals surface area contributed by atoms with Crippen molar-refractivity contribution in [3.63, 3.8) is 0 Å². The molecule has 0 saturated carbocycles. The van der Waals surface area contributed by atoms with Crippen molar-refractivity contribution in [2.45, 2.75) is 6.54 Å². The molecule has 2 aromatic carbocycles. The Hall–Kier alpha value is -1.10. The number of methoxy groups -OCH3 is 2. The van der Waals surface area contributed by atoms with Gasteiger partial charge in [-0.15, -0.1) is 0 Å². The van der Waals surface area contributed by atoms with Crippen molar-refractivity contribution in [3.05, 3.63) is 50.4 Å². The van der Waals surface area contributed by atoms with Crippen LogP contribution in [0.5, 0.6) is 11.5 Å². The number of ether oxygens (including phenoxy) is 2. The Morgan fingerprint density at radius 2 is 1.71 bits per heavy atom. The van der Waals surface area contributed by atoms with Crippen molar-refractivity contribution in [2.75, 3.05) is 19.5 Å². The number of hydrogen-bond acceptors (Lipinski definition) is 3. The van der Waals surface area contributed by atoms with E-state index in [0.717, 1.165) is 15.7 Å². The second-order valence-electron chi connectivity index (χ2n) is 4.28. The highest BCUT2D eigenvalue weighted by Gasteiger charge is 2.10. The lowest BCUT2D eigenvalue weighted by molar-refractivity contribution is 0.395. The van der Waals surface area contributed by atoms with Crippen molar-refractivity contribution in [2.24, 2.45) is 0 Å². The van der Waals surface area contributed by atoms with Crippen molar-refractivity contribution in [3.8, 4) is 11.5 Å². The quantitative estimate of drug-likeness (QED) is 0.742. The summed E-state index contributed by atoms with van der Waals surface area (Å²) in [4.78, 5) is 0. The van der Waals surface area contributed by atoms with Gasteiger partial charge in [0.15, 0.2) is 0 Å². The molecule has 0 unspecified atom stereocenters. The molecule has 2 aromatic rings. The Kier molecular flexibility index (Phi) is 5.62. The standard InChI is InChI=1S/C15H14BrCl2NO2/c1-20-14-7-15(21-2)13(6-12(14)18)19-8-9-5-10(16)3-4-11(9)17/h3-7,19H,8H2,1-2H3. The van der Waals surface area contributed by atoms with E-state index in [0.29, 0.717) is 28.1 Å². The van der Waals surface area contributed by atoms with E-state index in [1.54, 1.807) is 26.4 Å². The number of rotatable bonds is 5. The SMILES string of the molecule is COc1cc(OC)c(NCc2cc(Br)ccc2Cl)cc1Cl. The van der Waals surface area contributed by atoms with Gasteiger partial charge < -0.3 is 14.8 Å². The fourth-order valence-electron chi connectivity index (χ4n) is 1.87. The average Bonchev–Trinajstić information content (AvgIpc) is 2.48. The Morgan fingerprint density at radius 1 is 1.00 bits per heavy atom. The molecule has 0 radical (unpaired) electrons. The van der Waals surface area contributed by atoms with E-state index in [2.05, 4.69) is 21.2 Å². The van der Waals surface area contributed by atoms with E-state index < -0.39 is 0 Å². The van der Waals surface area contributed by atoms with E-state index in [-0.39, 0.29) is 0 Å². The zero-order valence-corrected chi connectivity index (χ0v) is 14.6. The Balaban J connectivity index is 2.23. The third-order valence-corrected chi connectivity index (χ3v) is 4.11. The molecule has 21 heavy (non-hydrogen) atoms. The van der Waals surface area contributed by atoms with Gasteiger partial charge in [0.05, 0.1) is 24.9 Å². The van der Waals surface area contributed by atoms with Crippen LogP contribution in [0, 0.1) is 0 Å². The summed E-state index contributed by atoms with van der Waals surface area (Å²) in [7, 11) is 3.16. The number of hydrogen-bond donors (Lipinski definition) is 1. The summed E-state index contributed by atoms with van der Waals surface area (Å²) in [5.41, 5.74) is 1.75. The smallest absolute Gasteiger partial charge is 0.145 e. The zero-order chi connectivity index (χ0) is 15.4. The summed E-state index contributed by atoms with van der Waals surface area (Å²) in [5, 5.41) is 4.48. The van der Waals surface area contributed by atoms with Crippen LogP contribution in [0.1, 0.15) is 5.56 Å². The van der Waals surface area contributed by atoms with Crippen LogP contribution in [0.3, 0.4) is 0 Å². The molecule has 0 aliphatic carbocycles. The molecule has 2 rings (SSSR count). The molecule has 0 amide bonds. The summed E-state index contributed by atoms with van der Waals surface area (Å²) >= 11 is 15.8. The summed E-state index contributed by atoms with van der Waals surface area (Å²) in [6, 6.07) is 9.22. The van der Waals surface area contributed by atoms with Crippen LogP contribution in [-0.2, 0) is 6.54 Å². The van der Waals surface area contributed by atoms with Crippen LogP contribution in [0.15, 0.2) is 34.8 Å². The highest BCUT2D eigenvalue weighted by Crippen LogP contribution is 2.36. The number of anilines is 1. The molecule has 0 saturated heterocycles. The van der Waals surface area contributed by atoms with E-state index in [1.807, 2.05) is 18.2 Å². The first kappa shape index (κ1) is 16.3. The average molecular weight is 391 g/mol. The van der Waals surface area contributed by atoms with Gasteiger partial charge in [-0.2, -0.15) is 0 Å². The zero-order valence-electron chi connectivity index (χ0n) is 11.5.